The fourth-order valence-corrected chi connectivity index (χ4v) is 12.6. The van der Waals surface area contributed by atoms with E-state index in [1.165, 1.54) is 212 Å². The van der Waals surface area contributed by atoms with Gasteiger partial charge in [-0.15, -0.1) is 0 Å². The van der Waals surface area contributed by atoms with Crippen molar-refractivity contribution in [3.05, 3.63) is 0 Å². The highest BCUT2D eigenvalue weighted by molar-refractivity contribution is 7.47. The third kappa shape index (κ3) is 66.5. The molecular weight excluding hydrogens is 1200 g/mol. The molecule has 0 aliphatic rings. The molecule has 0 saturated heterocycles. The quantitative estimate of drug-likeness (QED) is 0.0222. The summed E-state index contributed by atoms with van der Waals surface area (Å²) in [6, 6.07) is 0. The molecular formula is C72H140O17P2. The highest BCUT2D eigenvalue weighted by atomic mass is 31.2. The number of hydrogen-bond acceptors (Lipinski definition) is 15. The summed E-state index contributed by atoms with van der Waals surface area (Å²) in [5.74, 6) is -2.12. The van der Waals surface area contributed by atoms with Gasteiger partial charge in [-0.05, 0) is 25.7 Å². The van der Waals surface area contributed by atoms with Crippen molar-refractivity contribution in [3.63, 3.8) is 0 Å². The highest BCUT2D eigenvalue weighted by Gasteiger charge is 2.30. The number of hydrogen-bond donors (Lipinski definition) is 3. The van der Waals surface area contributed by atoms with E-state index in [1.54, 1.807) is 0 Å². The molecule has 0 aromatic heterocycles. The van der Waals surface area contributed by atoms with Crippen LogP contribution in [0.4, 0.5) is 0 Å². The van der Waals surface area contributed by atoms with E-state index >= 15 is 0 Å². The van der Waals surface area contributed by atoms with Crippen LogP contribution in [0, 0.1) is 0 Å². The number of ether oxygens (including phenoxy) is 4. The fraction of sp³-hybridized carbons (Fsp3) is 0.944. The molecule has 540 valence electrons. The van der Waals surface area contributed by atoms with E-state index < -0.39 is 97.5 Å². The molecule has 19 heteroatoms. The van der Waals surface area contributed by atoms with Gasteiger partial charge in [0.05, 0.1) is 26.4 Å². The Hall–Kier alpha value is -1.94. The molecule has 0 bridgehead atoms. The number of aliphatic hydroxyl groups excluding tert-OH is 1. The second kappa shape index (κ2) is 66.7. The van der Waals surface area contributed by atoms with Gasteiger partial charge in [-0.2, -0.15) is 0 Å². The zero-order valence-corrected chi connectivity index (χ0v) is 60.6. The first-order valence-electron chi connectivity index (χ1n) is 37.8. The number of carbonyl (C=O) groups is 4. The third-order valence-corrected chi connectivity index (χ3v) is 18.8. The fourth-order valence-electron chi connectivity index (χ4n) is 11.0. The maximum atomic E-state index is 13.0. The predicted molar refractivity (Wildman–Crippen MR) is 368 cm³/mol. The van der Waals surface area contributed by atoms with Crippen LogP contribution in [0.25, 0.3) is 0 Å². The lowest BCUT2D eigenvalue weighted by molar-refractivity contribution is -0.161. The Morgan fingerprint density at radius 3 is 0.648 bits per heavy atom. The van der Waals surface area contributed by atoms with E-state index in [2.05, 4.69) is 27.7 Å². The first-order valence-corrected chi connectivity index (χ1v) is 40.8. The minimum atomic E-state index is -4.95. The van der Waals surface area contributed by atoms with Gasteiger partial charge in [0.1, 0.15) is 19.3 Å². The number of unbranched alkanes of at least 4 members (excludes halogenated alkanes) is 47. The molecule has 0 aliphatic heterocycles. The van der Waals surface area contributed by atoms with Crippen LogP contribution in [0.5, 0.6) is 0 Å². The molecule has 0 saturated carbocycles. The average Bonchev–Trinajstić information content (AvgIpc) is 3.73. The lowest BCUT2D eigenvalue weighted by Gasteiger charge is -2.21. The second-order valence-corrected chi connectivity index (χ2v) is 28.9. The lowest BCUT2D eigenvalue weighted by Crippen LogP contribution is -2.30. The van der Waals surface area contributed by atoms with Gasteiger partial charge in [-0.1, -0.05) is 329 Å². The summed E-state index contributed by atoms with van der Waals surface area (Å²) < 4.78 is 68.3. The van der Waals surface area contributed by atoms with Crippen molar-refractivity contribution in [2.24, 2.45) is 0 Å². The molecule has 91 heavy (non-hydrogen) atoms. The van der Waals surface area contributed by atoms with Crippen molar-refractivity contribution >= 4 is 39.5 Å². The Kier molecular flexibility index (Phi) is 65.2. The first-order chi connectivity index (χ1) is 44.2. The SMILES string of the molecule is CCCCCCCCCCCCCCCCCCCCC(=O)O[C@H](COC(=O)CCCCCCCCCCCCCC)COP(=O)(O)OC[C@@H](O)COP(=O)(O)OC[C@@H](COC(=O)CCCCCCCCCCCC)OC(=O)CCCCCCCCCCCCC. The van der Waals surface area contributed by atoms with Crippen molar-refractivity contribution in [1.82, 2.24) is 0 Å². The van der Waals surface area contributed by atoms with Gasteiger partial charge in [0.15, 0.2) is 12.2 Å². The summed E-state index contributed by atoms with van der Waals surface area (Å²) in [6.45, 7) is 4.95. The predicted octanol–water partition coefficient (Wildman–Crippen LogP) is 21.1. The van der Waals surface area contributed by atoms with E-state index in [4.69, 9.17) is 37.0 Å². The van der Waals surface area contributed by atoms with E-state index in [0.29, 0.717) is 25.7 Å². The molecule has 5 atom stereocenters. The van der Waals surface area contributed by atoms with E-state index in [-0.39, 0.29) is 25.7 Å². The maximum Gasteiger partial charge on any atom is 0.472 e. The zero-order chi connectivity index (χ0) is 66.8. The smallest absolute Gasteiger partial charge is 0.462 e. The van der Waals surface area contributed by atoms with Gasteiger partial charge >= 0.3 is 39.5 Å². The number of phosphoric ester groups is 2. The van der Waals surface area contributed by atoms with E-state index in [0.717, 1.165) is 89.9 Å². The highest BCUT2D eigenvalue weighted by Crippen LogP contribution is 2.45. The number of esters is 4. The van der Waals surface area contributed by atoms with Crippen molar-refractivity contribution < 1.29 is 80.2 Å². The number of phosphoric acid groups is 2. The van der Waals surface area contributed by atoms with Gasteiger partial charge in [0, 0.05) is 25.7 Å². The topological polar surface area (TPSA) is 237 Å². The summed E-state index contributed by atoms with van der Waals surface area (Å²) in [5.41, 5.74) is 0. The van der Waals surface area contributed by atoms with Crippen LogP contribution in [-0.4, -0.2) is 96.7 Å². The average molecular weight is 1340 g/mol. The normalized spacial score (nSPS) is 14.0. The zero-order valence-electron chi connectivity index (χ0n) is 58.8. The van der Waals surface area contributed by atoms with Crippen molar-refractivity contribution in [2.45, 2.75) is 399 Å². The molecule has 3 N–H and O–H groups in total. The Morgan fingerprint density at radius 1 is 0.264 bits per heavy atom. The Labute approximate surface area is 556 Å². The van der Waals surface area contributed by atoms with Gasteiger partial charge in [-0.25, -0.2) is 9.13 Å². The Bertz CT molecular complexity index is 1740. The van der Waals surface area contributed by atoms with Crippen LogP contribution in [0.2, 0.25) is 0 Å². The van der Waals surface area contributed by atoms with Crippen molar-refractivity contribution in [3.8, 4) is 0 Å². The molecule has 17 nitrogen and oxygen atoms in total. The monoisotopic (exact) mass is 1340 g/mol. The molecule has 0 aliphatic carbocycles. The van der Waals surface area contributed by atoms with Gasteiger partial charge < -0.3 is 33.8 Å². The number of aliphatic hydroxyl groups is 1. The van der Waals surface area contributed by atoms with Crippen LogP contribution in [0.15, 0.2) is 0 Å². The van der Waals surface area contributed by atoms with Gasteiger partial charge in [0.25, 0.3) is 0 Å². The van der Waals surface area contributed by atoms with Gasteiger partial charge in [0.2, 0.25) is 0 Å². The maximum absolute atomic E-state index is 13.0. The summed E-state index contributed by atoms with van der Waals surface area (Å²) >= 11 is 0. The Balaban J connectivity index is 5.21. The Morgan fingerprint density at radius 2 is 0.440 bits per heavy atom. The molecule has 0 aromatic carbocycles. The number of rotatable bonds is 73. The van der Waals surface area contributed by atoms with Crippen LogP contribution >= 0.6 is 15.6 Å². The third-order valence-electron chi connectivity index (χ3n) is 16.9. The molecule has 0 amide bonds. The molecule has 0 rings (SSSR count). The minimum Gasteiger partial charge on any atom is -0.462 e. The molecule has 0 aromatic rings. The number of carbonyl (C=O) groups excluding carboxylic acids is 4. The largest absolute Gasteiger partial charge is 0.472 e. The lowest BCUT2D eigenvalue weighted by atomic mass is 10.0. The van der Waals surface area contributed by atoms with Crippen molar-refractivity contribution in [1.29, 1.82) is 0 Å². The minimum absolute atomic E-state index is 0.108. The van der Waals surface area contributed by atoms with Crippen LogP contribution in [0.3, 0.4) is 0 Å². The summed E-state index contributed by atoms with van der Waals surface area (Å²) in [4.78, 5) is 72.6. The molecule has 0 heterocycles. The van der Waals surface area contributed by atoms with Gasteiger partial charge in [-0.3, -0.25) is 37.3 Å². The second-order valence-electron chi connectivity index (χ2n) is 26.0. The van der Waals surface area contributed by atoms with Crippen LogP contribution in [0.1, 0.15) is 381 Å². The van der Waals surface area contributed by atoms with Crippen LogP contribution in [-0.2, 0) is 65.4 Å². The summed E-state index contributed by atoms with van der Waals surface area (Å²) in [5, 5.41) is 10.6. The molecule has 0 fully saturated rings. The summed E-state index contributed by atoms with van der Waals surface area (Å²) in [6.07, 6.45) is 55.3. The van der Waals surface area contributed by atoms with Crippen molar-refractivity contribution in [2.75, 3.05) is 39.6 Å². The van der Waals surface area contributed by atoms with Crippen LogP contribution < -0.4 is 0 Å². The molecule has 2 unspecified atom stereocenters. The first kappa shape index (κ1) is 89.1. The standard InChI is InChI=1S/C72H140O17P2/c1-5-9-13-17-21-25-29-31-32-33-34-35-36-39-43-47-51-55-59-72(77)89-68(63-83-70(75)57-53-49-45-41-38-30-26-22-18-14-10-6-2)65-87-91(80,81)85-61-66(73)60-84-90(78,79)86-64-67(62-82-69(74)56-52-48-44-40-28-24-20-16-12-8-4)88-71(76)58-54-50-46-42-37-27-23-19-15-11-7-3/h66-68,73H,5-65H2,1-4H3,(H,78,79)(H,80,81)/t66-,67+,68+/m0/s1. The van der Waals surface area contributed by atoms with E-state index in [1.807, 2.05) is 0 Å². The molecule has 0 radical (unpaired) electrons. The van der Waals surface area contributed by atoms with E-state index in [9.17, 15) is 43.2 Å². The summed E-state index contributed by atoms with van der Waals surface area (Å²) in [7, 11) is -9.90. The molecule has 0 spiro atoms.